The smallest absolute Gasteiger partial charge is 0.249 e. The van der Waals surface area contributed by atoms with E-state index >= 15 is 0 Å². The molecule has 0 saturated carbocycles. The summed E-state index contributed by atoms with van der Waals surface area (Å²) in [5.41, 5.74) is 2.11. The Morgan fingerprint density at radius 3 is 2.67 bits per heavy atom. The number of carbonyl (C=O) groups is 1. The third kappa shape index (κ3) is 3.95. The number of hydrogen-bond donors (Lipinski definition) is 2. The molecular formula is C19H17N5O3. The molecule has 1 aromatic heterocycles. The lowest BCUT2D eigenvalue weighted by molar-refractivity contribution is 0.101. The van der Waals surface area contributed by atoms with Gasteiger partial charge < -0.3 is 20.1 Å². The quantitative estimate of drug-likeness (QED) is 0.666. The molecule has 1 aliphatic heterocycles. The van der Waals surface area contributed by atoms with Crippen LogP contribution in [-0.2, 0) is 0 Å². The molecule has 4 rings (SSSR count). The molecule has 136 valence electrons. The fourth-order valence-electron chi connectivity index (χ4n) is 2.63. The summed E-state index contributed by atoms with van der Waals surface area (Å²) in [6, 6.07) is 12.7. The number of nitrogens with zero attached hydrogens (tertiary/aromatic N) is 3. The predicted molar refractivity (Wildman–Crippen MR) is 100 cm³/mol. The van der Waals surface area contributed by atoms with Crippen molar-refractivity contribution in [3.63, 3.8) is 0 Å². The number of fused-ring (bicyclic) bond motifs is 1. The lowest BCUT2D eigenvalue weighted by Crippen LogP contribution is -2.15. The van der Waals surface area contributed by atoms with Crippen LogP contribution in [0.2, 0.25) is 0 Å². The van der Waals surface area contributed by atoms with Gasteiger partial charge in [-0.05, 0) is 31.2 Å². The van der Waals surface area contributed by atoms with E-state index in [1.54, 1.807) is 18.2 Å². The number of carbonyl (C=O) groups excluding carboxylic acids is 1. The molecule has 0 fully saturated rings. The van der Waals surface area contributed by atoms with E-state index in [0.717, 1.165) is 11.4 Å². The molecule has 3 aromatic rings. The van der Waals surface area contributed by atoms with Crippen LogP contribution in [0.5, 0.6) is 11.5 Å². The van der Waals surface area contributed by atoms with Gasteiger partial charge in [-0.15, -0.1) is 5.10 Å². The Morgan fingerprint density at radius 1 is 1.00 bits per heavy atom. The number of benzene rings is 2. The minimum atomic E-state index is -0.00767. The molecule has 0 radical (unpaired) electrons. The minimum absolute atomic E-state index is 0.00767. The summed E-state index contributed by atoms with van der Waals surface area (Å²) in [6.07, 6.45) is 1.52. The average molecular weight is 363 g/mol. The molecule has 0 aliphatic carbocycles. The van der Waals surface area contributed by atoms with Crippen LogP contribution in [0, 0.1) is 0 Å². The Labute approximate surface area is 155 Å². The second-order valence-electron chi connectivity index (χ2n) is 5.91. The minimum Gasteiger partial charge on any atom is -0.486 e. The molecule has 0 unspecified atom stereocenters. The molecule has 0 atom stereocenters. The van der Waals surface area contributed by atoms with Gasteiger partial charge in [0.1, 0.15) is 13.2 Å². The highest BCUT2D eigenvalue weighted by Crippen LogP contribution is 2.33. The van der Waals surface area contributed by atoms with Crippen LogP contribution >= 0.6 is 0 Å². The summed E-state index contributed by atoms with van der Waals surface area (Å²) in [6.45, 7) is 2.60. The van der Waals surface area contributed by atoms with Crippen molar-refractivity contribution in [3.8, 4) is 11.5 Å². The largest absolute Gasteiger partial charge is 0.486 e. The van der Waals surface area contributed by atoms with Crippen molar-refractivity contribution in [2.45, 2.75) is 6.92 Å². The predicted octanol–water partition coefficient (Wildman–Crippen LogP) is 3.33. The molecule has 8 nitrogen and oxygen atoms in total. The molecular weight excluding hydrogens is 346 g/mol. The Balaban J connectivity index is 1.51. The third-order valence-electron chi connectivity index (χ3n) is 3.90. The average Bonchev–Trinajstić information content (AvgIpc) is 2.68. The summed E-state index contributed by atoms with van der Waals surface area (Å²) in [7, 11) is 0. The Bertz CT molecular complexity index is 993. The van der Waals surface area contributed by atoms with Crippen LogP contribution in [0.25, 0.3) is 0 Å². The van der Waals surface area contributed by atoms with Crippen LogP contribution in [0.1, 0.15) is 17.3 Å². The van der Waals surface area contributed by atoms with Crippen LogP contribution in [0.3, 0.4) is 0 Å². The Hall–Kier alpha value is -3.68. The Morgan fingerprint density at radius 2 is 1.81 bits per heavy atom. The fourth-order valence-corrected chi connectivity index (χ4v) is 2.63. The van der Waals surface area contributed by atoms with Crippen molar-refractivity contribution in [1.82, 2.24) is 15.2 Å². The van der Waals surface area contributed by atoms with Gasteiger partial charge in [0.05, 0.1) is 6.20 Å². The first-order valence-corrected chi connectivity index (χ1v) is 8.42. The number of ether oxygens (including phenoxy) is 2. The molecule has 2 aromatic carbocycles. The number of hydrogen-bond acceptors (Lipinski definition) is 8. The maximum absolute atomic E-state index is 11.5. The lowest BCUT2D eigenvalue weighted by Gasteiger charge is -2.19. The van der Waals surface area contributed by atoms with Crippen molar-refractivity contribution in [1.29, 1.82) is 0 Å². The van der Waals surface area contributed by atoms with Crippen molar-refractivity contribution in [3.05, 3.63) is 54.2 Å². The number of rotatable bonds is 5. The van der Waals surface area contributed by atoms with Crippen LogP contribution in [-0.4, -0.2) is 34.2 Å². The van der Waals surface area contributed by atoms with Gasteiger partial charge in [-0.3, -0.25) is 4.79 Å². The maximum atomic E-state index is 11.5. The van der Waals surface area contributed by atoms with Crippen molar-refractivity contribution < 1.29 is 14.3 Å². The molecule has 1 aliphatic rings. The second kappa shape index (κ2) is 7.28. The molecule has 0 saturated heterocycles. The van der Waals surface area contributed by atoms with E-state index in [1.165, 1.54) is 13.1 Å². The van der Waals surface area contributed by atoms with Crippen LogP contribution in [0.4, 0.5) is 23.1 Å². The summed E-state index contributed by atoms with van der Waals surface area (Å²) in [5.74, 6) is 2.24. The summed E-state index contributed by atoms with van der Waals surface area (Å²) in [5, 5.41) is 14.2. The van der Waals surface area contributed by atoms with Gasteiger partial charge >= 0.3 is 0 Å². The van der Waals surface area contributed by atoms with Crippen LogP contribution < -0.4 is 20.1 Å². The standard InChI is InChI=1S/C19H17N5O3/c1-12(25)13-3-2-4-14(9-13)22-19-23-18(11-20-24-19)21-15-5-6-16-17(10-15)27-8-7-26-16/h2-6,9-11H,7-8H2,1H3,(H2,21,22,23,24). The fraction of sp³-hybridized carbons (Fsp3) is 0.158. The summed E-state index contributed by atoms with van der Waals surface area (Å²) < 4.78 is 11.1. The third-order valence-corrected chi connectivity index (χ3v) is 3.90. The van der Waals surface area contributed by atoms with E-state index < -0.39 is 0 Å². The first kappa shape index (κ1) is 16.8. The number of aromatic nitrogens is 3. The van der Waals surface area contributed by atoms with Crippen molar-refractivity contribution in [2.24, 2.45) is 0 Å². The first-order valence-electron chi connectivity index (χ1n) is 8.42. The van der Waals surface area contributed by atoms with E-state index in [2.05, 4.69) is 25.8 Å². The van der Waals surface area contributed by atoms with Gasteiger partial charge in [0.15, 0.2) is 23.1 Å². The Kier molecular flexibility index (Phi) is 4.52. The highest BCUT2D eigenvalue weighted by atomic mass is 16.6. The summed E-state index contributed by atoms with van der Waals surface area (Å²) >= 11 is 0. The normalized spacial score (nSPS) is 12.3. The van der Waals surface area contributed by atoms with E-state index in [1.807, 2.05) is 24.3 Å². The first-order chi connectivity index (χ1) is 13.2. The number of anilines is 4. The topological polar surface area (TPSA) is 98.3 Å². The lowest BCUT2D eigenvalue weighted by atomic mass is 10.1. The van der Waals surface area contributed by atoms with Gasteiger partial charge in [0.2, 0.25) is 5.95 Å². The molecule has 2 heterocycles. The molecule has 27 heavy (non-hydrogen) atoms. The van der Waals surface area contributed by atoms with Gasteiger partial charge in [-0.25, -0.2) is 0 Å². The van der Waals surface area contributed by atoms with E-state index in [0.29, 0.717) is 42.0 Å². The molecule has 0 bridgehead atoms. The molecule has 0 amide bonds. The van der Waals surface area contributed by atoms with E-state index in [-0.39, 0.29) is 5.78 Å². The van der Waals surface area contributed by atoms with Crippen LogP contribution in [0.15, 0.2) is 48.7 Å². The number of Topliss-reactive ketones (excluding diaryl/α,β-unsaturated/α-hetero) is 1. The van der Waals surface area contributed by atoms with E-state index in [4.69, 9.17) is 9.47 Å². The molecule has 8 heteroatoms. The zero-order chi connectivity index (χ0) is 18.6. The SMILES string of the molecule is CC(=O)c1cccc(Nc2nncc(Nc3ccc4c(c3)OCCO4)n2)c1. The highest BCUT2D eigenvalue weighted by molar-refractivity contribution is 5.95. The van der Waals surface area contributed by atoms with Crippen molar-refractivity contribution in [2.75, 3.05) is 23.8 Å². The highest BCUT2D eigenvalue weighted by Gasteiger charge is 2.12. The maximum Gasteiger partial charge on any atom is 0.249 e. The number of nitrogens with one attached hydrogen (secondary N) is 2. The van der Waals surface area contributed by atoms with Gasteiger partial charge in [-0.2, -0.15) is 10.1 Å². The van der Waals surface area contributed by atoms with Gasteiger partial charge in [0.25, 0.3) is 0 Å². The summed E-state index contributed by atoms with van der Waals surface area (Å²) in [4.78, 5) is 15.9. The monoisotopic (exact) mass is 363 g/mol. The number of ketones is 1. The van der Waals surface area contributed by atoms with E-state index in [9.17, 15) is 4.79 Å². The zero-order valence-corrected chi connectivity index (χ0v) is 14.6. The van der Waals surface area contributed by atoms with Crippen molar-refractivity contribution >= 4 is 28.9 Å². The van der Waals surface area contributed by atoms with Gasteiger partial charge in [0, 0.05) is 23.0 Å². The molecule has 2 N–H and O–H groups in total. The molecule has 0 spiro atoms. The van der Waals surface area contributed by atoms with Gasteiger partial charge in [-0.1, -0.05) is 12.1 Å². The zero-order valence-electron chi connectivity index (χ0n) is 14.6. The second-order valence-corrected chi connectivity index (χ2v) is 5.91.